The number of hydrogen-bond acceptors (Lipinski definition) is 4. The predicted molar refractivity (Wildman–Crippen MR) is 87.8 cm³/mol. The van der Waals surface area contributed by atoms with Crippen LogP contribution < -0.4 is 4.72 Å². The molecule has 0 spiro atoms. The molecule has 1 aromatic rings. The molecule has 0 bridgehead atoms. The van der Waals surface area contributed by atoms with E-state index in [1.54, 1.807) is 45.0 Å². The van der Waals surface area contributed by atoms with Crippen molar-refractivity contribution < 1.29 is 17.9 Å². The van der Waals surface area contributed by atoms with Crippen molar-refractivity contribution in [3.05, 3.63) is 40.3 Å². The van der Waals surface area contributed by atoms with Crippen LogP contribution in [0.15, 0.2) is 29.7 Å². The highest BCUT2D eigenvalue weighted by atomic mass is 35.5. The highest BCUT2D eigenvalue weighted by Gasteiger charge is 2.35. The van der Waals surface area contributed by atoms with Crippen molar-refractivity contribution in [1.82, 2.24) is 4.72 Å². The maximum Gasteiger partial charge on any atom is 0.324 e. The van der Waals surface area contributed by atoms with Crippen molar-refractivity contribution in [2.24, 2.45) is 5.41 Å². The summed E-state index contributed by atoms with van der Waals surface area (Å²) >= 11 is 5.96. The molecule has 1 atom stereocenters. The Morgan fingerprint density at radius 1 is 1.32 bits per heavy atom. The van der Waals surface area contributed by atoms with E-state index in [0.717, 1.165) is 5.41 Å². The van der Waals surface area contributed by atoms with Crippen LogP contribution in [0.4, 0.5) is 0 Å². The number of halogens is 1. The van der Waals surface area contributed by atoms with Gasteiger partial charge in [0.1, 0.15) is 6.04 Å². The maximum absolute atomic E-state index is 12.1. The van der Waals surface area contributed by atoms with E-state index in [0.29, 0.717) is 10.6 Å². The topological polar surface area (TPSA) is 72.5 Å². The third-order valence-electron chi connectivity index (χ3n) is 2.92. The summed E-state index contributed by atoms with van der Waals surface area (Å²) in [6.45, 7) is 5.23. The Morgan fingerprint density at radius 3 is 2.41 bits per heavy atom. The number of sulfonamides is 1. The van der Waals surface area contributed by atoms with Crippen LogP contribution in [0.5, 0.6) is 0 Å². The van der Waals surface area contributed by atoms with E-state index in [2.05, 4.69) is 9.46 Å². The van der Waals surface area contributed by atoms with Crippen molar-refractivity contribution in [1.29, 1.82) is 0 Å². The minimum atomic E-state index is -3.82. The molecule has 1 aromatic carbocycles. The first-order valence-corrected chi connectivity index (χ1v) is 8.52. The lowest BCUT2D eigenvalue weighted by molar-refractivity contribution is -0.145. The molecule has 22 heavy (non-hydrogen) atoms. The molecule has 1 unspecified atom stereocenters. The quantitative estimate of drug-likeness (QED) is 0.833. The van der Waals surface area contributed by atoms with Crippen molar-refractivity contribution in [2.75, 3.05) is 7.11 Å². The third-order valence-corrected chi connectivity index (χ3v) is 4.32. The van der Waals surface area contributed by atoms with Gasteiger partial charge in [-0.2, -0.15) is 4.72 Å². The Kier molecular flexibility index (Phi) is 6.17. The third kappa shape index (κ3) is 5.44. The summed E-state index contributed by atoms with van der Waals surface area (Å²) in [6.07, 6.45) is 1.38. The second-order valence-corrected chi connectivity index (χ2v) is 7.81. The van der Waals surface area contributed by atoms with E-state index in [-0.39, 0.29) is 0 Å². The van der Waals surface area contributed by atoms with Crippen LogP contribution >= 0.6 is 11.6 Å². The normalized spacial score (nSPS) is 14.0. The van der Waals surface area contributed by atoms with Crippen molar-refractivity contribution in [3.63, 3.8) is 0 Å². The summed E-state index contributed by atoms with van der Waals surface area (Å²) < 4.78 is 31.3. The maximum atomic E-state index is 12.1. The molecule has 0 amide bonds. The van der Waals surface area contributed by atoms with Gasteiger partial charge in [0.25, 0.3) is 0 Å². The number of carbonyl (C=O) groups excluding carboxylic acids is 1. The van der Waals surface area contributed by atoms with Gasteiger partial charge >= 0.3 is 5.97 Å². The van der Waals surface area contributed by atoms with E-state index in [1.807, 2.05) is 0 Å². The number of ether oxygens (including phenoxy) is 1. The average Bonchev–Trinajstić information content (AvgIpc) is 2.42. The van der Waals surface area contributed by atoms with Crippen molar-refractivity contribution in [2.45, 2.75) is 26.8 Å². The summed E-state index contributed by atoms with van der Waals surface area (Å²) in [5, 5.41) is 1.42. The lowest BCUT2D eigenvalue weighted by Crippen LogP contribution is -2.49. The van der Waals surface area contributed by atoms with Crippen LogP contribution in [-0.4, -0.2) is 27.5 Å². The Hall–Kier alpha value is -1.37. The molecule has 0 aliphatic heterocycles. The van der Waals surface area contributed by atoms with Gasteiger partial charge in [0.2, 0.25) is 10.0 Å². The van der Waals surface area contributed by atoms with Gasteiger partial charge in [-0.1, -0.05) is 50.6 Å². The first-order chi connectivity index (χ1) is 10.1. The number of carbonyl (C=O) groups is 1. The van der Waals surface area contributed by atoms with Crippen LogP contribution in [0.2, 0.25) is 5.02 Å². The van der Waals surface area contributed by atoms with Gasteiger partial charge in [0.15, 0.2) is 0 Å². The zero-order valence-electron chi connectivity index (χ0n) is 13.0. The van der Waals surface area contributed by atoms with Gasteiger partial charge < -0.3 is 4.74 Å². The molecule has 0 aliphatic rings. The van der Waals surface area contributed by atoms with Crippen LogP contribution in [0.3, 0.4) is 0 Å². The number of rotatable bonds is 5. The Balaban J connectivity index is 2.99. The standard InChI is InChI=1S/C15H20ClNO4S/c1-15(2,3)13(14(18)21-4)17-22(19,20)10-9-11-7-5-6-8-12(11)16/h5-10,13,17H,1-4H3/b10-9+. The van der Waals surface area contributed by atoms with Crippen LogP contribution in [0.25, 0.3) is 6.08 Å². The summed E-state index contributed by atoms with van der Waals surface area (Å²) in [4.78, 5) is 11.8. The first-order valence-electron chi connectivity index (χ1n) is 6.59. The minimum absolute atomic E-state index is 0.439. The number of esters is 1. The van der Waals surface area contributed by atoms with Crippen LogP contribution in [0, 0.1) is 5.41 Å². The monoisotopic (exact) mass is 345 g/mol. The van der Waals surface area contributed by atoms with E-state index in [1.165, 1.54) is 13.2 Å². The number of hydrogen-bond donors (Lipinski definition) is 1. The average molecular weight is 346 g/mol. The van der Waals surface area contributed by atoms with E-state index in [4.69, 9.17) is 11.6 Å². The number of nitrogens with one attached hydrogen (secondary N) is 1. The van der Waals surface area contributed by atoms with Crippen molar-refractivity contribution >= 4 is 33.7 Å². The van der Waals surface area contributed by atoms with Gasteiger partial charge in [0, 0.05) is 10.4 Å². The molecule has 0 radical (unpaired) electrons. The molecule has 0 saturated heterocycles. The van der Waals surface area contributed by atoms with Crippen LogP contribution in [0.1, 0.15) is 26.3 Å². The smallest absolute Gasteiger partial charge is 0.324 e. The van der Waals surface area contributed by atoms with E-state index >= 15 is 0 Å². The molecule has 1 N–H and O–H groups in total. The fourth-order valence-corrected chi connectivity index (χ4v) is 3.05. The highest BCUT2D eigenvalue weighted by Crippen LogP contribution is 2.22. The predicted octanol–water partition coefficient (Wildman–Crippen LogP) is 2.82. The lowest BCUT2D eigenvalue weighted by Gasteiger charge is -2.28. The number of methoxy groups -OCH3 is 1. The highest BCUT2D eigenvalue weighted by molar-refractivity contribution is 7.92. The Labute approximate surface area is 136 Å². The fourth-order valence-electron chi connectivity index (χ4n) is 1.67. The lowest BCUT2D eigenvalue weighted by atomic mass is 9.87. The molecule has 0 fully saturated rings. The Morgan fingerprint density at radius 2 is 1.91 bits per heavy atom. The summed E-state index contributed by atoms with van der Waals surface area (Å²) in [5.41, 5.74) is -0.0572. The second-order valence-electron chi connectivity index (χ2n) is 5.81. The Bertz CT molecular complexity index is 662. The molecular weight excluding hydrogens is 326 g/mol. The molecule has 0 aromatic heterocycles. The van der Waals surface area contributed by atoms with Gasteiger partial charge in [-0.05, 0) is 23.1 Å². The van der Waals surface area contributed by atoms with Crippen molar-refractivity contribution in [3.8, 4) is 0 Å². The first kappa shape index (κ1) is 18.7. The summed E-state index contributed by atoms with van der Waals surface area (Å²) in [6, 6.07) is 5.86. The molecule has 5 nitrogen and oxygen atoms in total. The van der Waals surface area contributed by atoms with Crippen LogP contribution in [-0.2, 0) is 19.6 Å². The molecule has 0 heterocycles. The largest absolute Gasteiger partial charge is 0.468 e. The minimum Gasteiger partial charge on any atom is -0.468 e. The SMILES string of the molecule is COC(=O)C(NS(=O)(=O)/C=C/c1ccccc1Cl)C(C)(C)C. The van der Waals surface area contributed by atoms with Gasteiger partial charge in [0.05, 0.1) is 7.11 Å². The number of benzene rings is 1. The van der Waals surface area contributed by atoms with Gasteiger partial charge in [-0.3, -0.25) is 4.79 Å². The molecule has 0 aliphatic carbocycles. The molecule has 7 heteroatoms. The van der Waals surface area contributed by atoms with Gasteiger partial charge in [-0.15, -0.1) is 0 Å². The molecule has 1 rings (SSSR count). The summed E-state index contributed by atoms with van der Waals surface area (Å²) in [7, 11) is -2.61. The molecule has 122 valence electrons. The van der Waals surface area contributed by atoms with E-state index < -0.39 is 27.4 Å². The molecule has 0 saturated carbocycles. The zero-order valence-corrected chi connectivity index (χ0v) is 14.5. The van der Waals surface area contributed by atoms with Gasteiger partial charge in [-0.25, -0.2) is 8.42 Å². The fraction of sp³-hybridized carbons (Fsp3) is 0.400. The van der Waals surface area contributed by atoms with E-state index in [9.17, 15) is 13.2 Å². The summed E-state index contributed by atoms with van der Waals surface area (Å²) in [5.74, 6) is -0.637. The molecular formula is C15H20ClNO4S. The zero-order chi connectivity index (χ0) is 17.0. The second kappa shape index (κ2) is 7.26.